The van der Waals surface area contributed by atoms with Crippen LogP contribution in [0.15, 0.2) is 0 Å². The van der Waals surface area contributed by atoms with Crippen molar-refractivity contribution in [2.45, 2.75) is 70.4 Å². The highest BCUT2D eigenvalue weighted by atomic mass is 16.2. The van der Waals surface area contributed by atoms with Gasteiger partial charge in [-0.2, -0.15) is 0 Å². The molecule has 0 radical (unpaired) electrons. The lowest BCUT2D eigenvalue weighted by Crippen LogP contribution is -2.52. The molecule has 1 amide bonds. The summed E-state index contributed by atoms with van der Waals surface area (Å²) in [4.78, 5) is 14.7. The second-order valence-electron chi connectivity index (χ2n) is 6.85. The largest absolute Gasteiger partial charge is 0.339 e. The number of hydrogen-bond donors (Lipinski definition) is 1. The number of rotatable bonds is 4. The normalized spacial score (nSPS) is 35.0. The van der Waals surface area contributed by atoms with Crippen molar-refractivity contribution in [1.29, 1.82) is 0 Å². The summed E-state index contributed by atoms with van der Waals surface area (Å²) in [6.45, 7) is 4.27. The zero-order valence-electron chi connectivity index (χ0n) is 12.2. The molecule has 0 bridgehead atoms. The van der Waals surface area contributed by atoms with Gasteiger partial charge in [0.1, 0.15) is 0 Å². The van der Waals surface area contributed by atoms with Gasteiger partial charge in [0.2, 0.25) is 5.91 Å². The Bertz CT molecular complexity index is 327. The Morgan fingerprint density at radius 1 is 1.16 bits per heavy atom. The molecule has 108 valence electrons. The summed E-state index contributed by atoms with van der Waals surface area (Å²) in [5, 5.41) is 3.46. The minimum absolute atomic E-state index is 0.400. The quantitative estimate of drug-likeness (QED) is 0.846. The van der Waals surface area contributed by atoms with E-state index in [-0.39, 0.29) is 0 Å². The van der Waals surface area contributed by atoms with Crippen LogP contribution in [0.5, 0.6) is 0 Å². The molecule has 3 heteroatoms. The highest BCUT2D eigenvalue weighted by molar-refractivity contribution is 5.77. The Morgan fingerprint density at radius 3 is 2.74 bits per heavy atom. The Labute approximate surface area is 117 Å². The summed E-state index contributed by atoms with van der Waals surface area (Å²) in [6, 6.07) is 1.28. The van der Waals surface area contributed by atoms with Gasteiger partial charge in [-0.25, -0.2) is 0 Å². The molecule has 2 saturated carbocycles. The molecule has 1 aliphatic heterocycles. The average Bonchev–Trinajstić information content (AvgIpc) is 3.23. The minimum Gasteiger partial charge on any atom is -0.339 e. The first kappa shape index (κ1) is 13.4. The van der Waals surface area contributed by atoms with Crippen LogP contribution in [0.3, 0.4) is 0 Å². The summed E-state index contributed by atoms with van der Waals surface area (Å²) < 4.78 is 0. The molecule has 1 N–H and O–H groups in total. The Balaban J connectivity index is 1.54. The maximum Gasteiger partial charge on any atom is 0.224 e. The van der Waals surface area contributed by atoms with E-state index in [9.17, 15) is 4.79 Å². The van der Waals surface area contributed by atoms with Gasteiger partial charge in [0.25, 0.3) is 0 Å². The van der Waals surface area contributed by atoms with E-state index in [2.05, 4.69) is 17.1 Å². The molecule has 1 saturated heterocycles. The van der Waals surface area contributed by atoms with Gasteiger partial charge in [0.05, 0.1) is 0 Å². The fourth-order valence-corrected chi connectivity index (χ4v) is 4.04. The molecule has 0 aromatic carbocycles. The Kier molecular flexibility index (Phi) is 4.11. The van der Waals surface area contributed by atoms with Gasteiger partial charge in [-0.1, -0.05) is 19.8 Å². The summed E-state index contributed by atoms with van der Waals surface area (Å²) in [7, 11) is 0. The van der Waals surface area contributed by atoms with Gasteiger partial charge in [-0.15, -0.1) is 0 Å². The predicted molar refractivity (Wildman–Crippen MR) is 76.9 cm³/mol. The van der Waals surface area contributed by atoms with Crippen LogP contribution < -0.4 is 5.32 Å². The molecule has 19 heavy (non-hydrogen) atoms. The van der Waals surface area contributed by atoms with E-state index >= 15 is 0 Å². The molecule has 3 unspecified atom stereocenters. The topological polar surface area (TPSA) is 32.3 Å². The van der Waals surface area contributed by atoms with Crippen molar-refractivity contribution in [3.8, 4) is 0 Å². The monoisotopic (exact) mass is 264 g/mol. The number of carbonyl (C=O) groups excluding carboxylic acids is 1. The number of carbonyl (C=O) groups is 1. The maximum atomic E-state index is 12.4. The fourth-order valence-electron chi connectivity index (χ4n) is 4.04. The Hall–Kier alpha value is -0.570. The van der Waals surface area contributed by atoms with Crippen LogP contribution >= 0.6 is 0 Å². The first-order valence-electron chi connectivity index (χ1n) is 8.28. The number of piperidine rings is 1. The van der Waals surface area contributed by atoms with Crippen LogP contribution in [-0.2, 0) is 4.79 Å². The lowest BCUT2D eigenvalue weighted by atomic mass is 9.72. The van der Waals surface area contributed by atoms with Crippen molar-refractivity contribution in [1.82, 2.24) is 10.2 Å². The van der Waals surface area contributed by atoms with Crippen molar-refractivity contribution in [2.24, 2.45) is 11.8 Å². The van der Waals surface area contributed by atoms with Gasteiger partial charge in [-0.05, 0) is 43.9 Å². The number of hydrogen-bond acceptors (Lipinski definition) is 2. The maximum absolute atomic E-state index is 12.4. The second kappa shape index (κ2) is 5.82. The van der Waals surface area contributed by atoms with Gasteiger partial charge < -0.3 is 10.2 Å². The van der Waals surface area contributed by atoms with Gasteiger partial charge in [-0.3, -0.25) is 4.79 Å². The number of amides is 1. The number of fused-ring (bicyclic) bond motifs is 1. The van der Waals surface area contributed by atoms with Crippen LogP contribution in [0.4, 0.5) is 0 Å². The van der Waals surface area contributed by atoms with E-state index in [0.29, 0.717) is 18.4 Å². The molecular weight excluding hydrogens is 236 g/mol. The average molecular weight is 264 g/mol. The molecule has 2 aliphatic carbocycles. The molecule has 0 spiro atoms. The van der Waals surface area contributed by atoms with Crippen molar-refractivity contribution in [2.75, 3.05) is 13.1 Å². The van der Waals surface area contributed by atoms with Crippen molar-refractivity contribution in [3.05, 3.63) is 0 Å². The number of nitrogens with one attached hydrogen (secondary N) is 1. The summed E-state index contributed by atoms with van der Waals surface area (Å²) in [6.07, 6.45) is 9.80. The van der Waals surface area contributed by atoms with E-state index in [4.69, 9.17) is 0 Å². The zero-order valence-corrected chi connectivity index (χ0v) is 12.2. The third kappa shape index (κ3) is 3.13. The third-order valence-electron chi connectivity index (χ3n) is 5.41. The van der Waals surface area contributed by atoms with E-state index in [1.165, 1.54) is 44.9 Å². The third-order valence-corrected chi connectivity index (χ3v) is 5.41. The summed E-state index contributed by atoms with van der Waals surface area (Å²) >= 11 is 0. The zero-order chi connectivity index (χ0) is 13.2. The fraction of sp³-hybridized carbons (Fsp3) is 0.938. The predicted octanol–water partition coefficient (Wildman–Crippen LogP) is 2.56. The van der Waals surface area contributed by atoms with E-state index in [1.54, 1.807) is 0 Å². The molecule has 3 fully saturated rings. The molecule has 1 heterocycles. The highest BCUT2D eigenvalue weighted by Crippen LogP contribution is 2.38. The first-order chi connectivity index (χ1) is 9.25. The van der Waals surface area contributed by atoms with Crippen LogP contribution in [0.1, 0.15) is 58.3 Å². The van der Waals surface area contributed by atoms with Crippen molar-refractivity contribution < 1.29 is 4.79 Å². The molecule has 0 aromatic rings. The Morgan fingerprint density at radius 2 is 1.95 bits per heavy atom. The van der Waals surface area contributed by atoms with Crippen molar-refractivity contribution in [3.63, 3.8) is 0 Å². The van der Waals surface area contributed by atoms with Crippen molar-refractivity contribution >= 4 is 5.91 Å². The number of nitrogens with zero attached hydrogens (tertiary/aromatic N) is 1. The first-order valence-corrected chi connectivity index (χ1v) is 8.28. The van der Waals surface area contributed by atoms with Crippen LogP contribution in [0.25, 0.3) is 0 Å². The molecule has 3 atom stereocenters. The van der Waals surface area contributed by atoms with Crippen LogP contribution in [0, 0.1) is 11.8 Å². The highest BCUT2D eigenvalue weighted by Gasteiger charge is 2.39. The second-order valence-corrected chi connectivity index (χ2v) is 6.85. The van der Waals surface area contributed by atoms with E-state index in [1.807, 2.05) is 0 Å². The minimum atomic E-state index is 0.400. The number of likely N-dealkylation sites (tertiary alicyclic amines) is 1. The molecular formula is C16H28N2O. The van der Waals surface area contributed by atoms with Gasteiger partial charge in [0, 0.05) is 31.6 Å². The summed E-state index contributed by atoms with van der Waals surface area (Å²) in [5.41, 5.74) is 0. The lowest BCUT2D eigenvalue weighted by Gasteiger charge is -2.47. The van der Waals surface area contributed by atoms with Gasteiger partial charge in [0.15, 0.2) is 0 Å². The SMILES string of the molecule is CC1CCN(C(=O)CCNC2CC2)C2CCCCC12. The van der Waals surface area contributed by atoms with Gasteiger partial charge >= 0.3 is 0 Å². The summed E-state index contributed by atoms with van der Waals surface area (Å²) in [5.74, 6) is 2.00. The van der Waals surface area contributed by atoms with E-state index < -0.39 is 0 Å². The standard InChI is InChI=1S/C16H28N2O/c1-12-9-11-18(15-5-3-2-4-14(12)15)16(19)8-10-17-13-6-7-13/h12-15,17H,2-11H2,1H3. The lowest BCUT2D eigenvalue weighted by molar-refractivity contribution is -0.138. The smallest absolute Gasteiger partial charge is 0.224 e. The molecule has 0 aromatic heterocycles. The van der Waals surface area contributed by atoms with E-state index in [0.717, 1.165) is 31.0 Å². The van der Waals surface area contributed by atoms with Crippen LogP contribution in [-0.4, -0.2) is 36.0 Å². The van der Waals surface area contributed by atoms with Crippen LogP contribution in [0.2, 0.25) is 0 Å². The molecule has 3 aliphatic rings. The molecule has 3 rings (SSSR count). The molecule has 3 nitrogen and oxygen atoms in total.